The van der Waals surface area contributed by atoms with Gasteiger partial charge in [0.2, 0.25) is 0 Å². The Balaban J connectivity index is 1.87. The van der Waals surface area contributed by atoms with E-state index in [1.807, 2.05) is 0 Å². The molecule has 1 saturated heterocycles. The van der Waals surface area contributed by atoms with Crippen molar-refractivity contribution in [2.45, 2.75) is 25.3 Å². The monoisotopic (exact) mass is 388 g/mol. The molecule has 3 aromatic carbocycles. The Hall–Kier alpha value is -2.28. The molecule has 0 aliphatic carbocycles. The van der Waals surface area contributed by atoms with E-state index in [4.69, 9.17) is 0 Å². The molecule has 1 aliphatic heterocycles. The first kappa shape index (κ1) is 19.1. The second kappa shape index (κ2) is 8.82. The summed E-state index contributed by atoms with van der Waals surface area (Å²) in [5.74, 6) is 0.351. The van der Waals surface area contributed by atoms with Gasteiger partial charge >= 0.3 is 0 Å². The molecule has 28 heavy (non-hydrogen) atoms. The summed E-state index contributed by atoms with van der Waals surface area (Å²) in [6.07, 6.45) is 3.83. The number of Topliss-reactive ketones (excluding diaryl/α,β-unsaturated/α-hetero) is 1. The van der Waals surface area contributed by atoms with Crippen molar-refractivity contribution in [3.05, 3.63) is 91.0 Å². The molecule has 3 heteroatoms. The topological polar surface area (TPSA) is 29.1 Å². The lowest BCUT2D eigenvalue weighted by atomic mass is 10.0. The molecule has 0 bridgehead atoms. The van der Waals surface area contributed by atoms with Crippen LogP contribution in [0.4, 0.5) is 0 Å². The van der Waals surface area contributed by atoms with Crippen LogP contribution in [0.25, 0.3) is 0 Å². The number of piperidine rings is 1. The Bertz CT molecular complexity index is 793. The first-order valence-corrected chi connectivity index (χ1v) is 12.1. The summed E-state index contributed by atoms with van der Waals surface area (Å²) in [6.45, 7) is 0.948. The van der Waals surface area contributed by atoms with Crippen molar-refractivity contribution in [2.24, 2.45) is 0 Å². The molecule has 1 unspecified atom stereocenters. The molecule has 2 nitrogen and oxygen atoms in total. The average molecular weight is 388 g/mol. The Morgan fingerprint density at radius 2 is 1.21 bits per heavy atom. The van der Waals surface area contributed by atoms with Crippen LogP contribution in [0.1, 0.15) is 19.3 Å². The van der Waals surface area contributed by atoms with Gasteiger partial charge in [-0.3, -0.25) is 4.79 Å². The van der Waals surface area contributed by atoms with Crippen molar-refractivity contribution in [1.82, 2.24) is 5.32 Å². The van der Waals surface area contributed by atoms with Gasteiger partial charge in [0.15, 0.2) is 5.78 Å². The fourth-order valence-electron chi connectivity index (χ4n) is 4.24. The Morgan fingerprint density at radius 1 is 0.750 bits per heavy atom. The van der Waals surface area contributed by atoms with Gasteiger partial charge in [0.25, 0.3) is 0 Å². The number of carbonyl (C=O) groups is 1. The molecule has 0 saturated carbocycles. The van der Waals surface area contributed by atoms with E-state index in [-0.39, 0.29) is 6.04 Å². The number of ketones is 1. The fraction of sp³-hybridized carbons (Fsp3) is 0.240. The van der Waals surface area contributed by atoms with Crippen molar-refractivity contribution < 1.29 is 4.79 Å². The summed E-state index contributed by atoms with van der Waals surface area (Å²) in [4.78, 5) is 13.5. The highest BCUT2D eigenvalue weighted by Gasteiger charge is 2.48. The van der Waals surface area contributed by atoms with Gasteiger partial charge in [0.1, 0.15) is 29.3 Å². The third-order valence-electron chi connectivity index (χ3n) is 5.68. The summed E-state index contributed by atoms with van der Waals surface area (Å²) in [7, 11) is -2.07. The molecule has 0 aromatic heterocycles. The molecular weight excluding hydrogens is 361 g/mol. The van der Waals surface area contributed by atoms with E-state index >= 15 is 0 Å². The maximum atomic E-state index is 13.5. The normalized spacial score (nSPS) is 17.2. The number of carbonyl (C=O) groups excluding carboxylic acids is 1. The molecule has 3 aromatic rings. The number of hydrogen-bond donors (Lipinski definition) is 1. The molecule has 1 N–H and O–H groups in total. The Morgan fingerprint density at radius 3 is 1.61 bits per heavy atom. The van der Waals surface area contributed by atoms with Crippen molar-refractivity contribution in [3.8, 4) is 0 Å². The van der Waals surface area contributed by atoms with E-state index in [1.54, 1.807) is 0 Å². The SMILES string of the molecule is O=C(C[P+](c1ccccc1)(c1ccccc1)c1ccccc1)C1CCCCN1. The van der Waals surface area contributed by atoms with Crippen LogP contribution in [0.2, 0.25) is 0 Å². The van der Waals surface area contributed by atoms with E-state index in [0.717, 1.165) is 19.4 Å². The third kappa shape index (κ3) is 3.81. The van der Waals surface area contributed by atoms with Gasteiger partial charge in [-0.05, 0) is 55.8 Å². The minimum Gasteiger partial charge on any atom is -0.307 e. The van der Waals surface area contributed by atoms with Crippen LogP contribution in [0.3, 0.4) is 0 Å². The molecule has 4 rings (SSSR count). The van der Waals surface area contributed by atoms with Gasteiger partial charge in [-0.1, -0.05) is 61.0 Å². The van der Waals surface area contributed by atoms with Crippen LogP contribution < -0.4 is 21.2 Å². The lowest BCUT2D eigenvalue weighted by molar-refractivity contribution is -0.119. The van der Waals surface area contributed by atoms with Gasteiger partial charge < -0.3 is 5.32 Å². The maximum absolute atomic E-state index is 13.5. The van der Waals surface area contributed by atoms with Crippen LogP contribution in [-0.4, -0.2) is 24.5 Å². The zero-order valence-corrected chi connectivity index (χ0v) is 17.0. The summed E-state index contributed by atoms with van der Waals surface area (Å²) in [5.41, 5.74) is 0. The number of benzene rings is 3. The Labute approximate surface area is 168 Å². The van der Waals surface area contributed by atoms with Crippen LogP contribution in [0, 0.1) is 0 Å². The quantitative estimate of drug-likeness (QED) is 0.653. The van der Waals surface area contributed by atoms with Crippen molar-refractivity contribution >= 4 is 29.0 Å². The Kier molecular flexibility index (Phi) is 6.00. The molecule has 1 aliphatic rings. The second-order valence-corrected chi connectivity index (χ2v) is 10.9. The van der Waals surface area contributed by atoms with Gasteiger partial charge in [0.05, 0.1) is 6.04 Å². The number of rotatable bonds is 6. The predicted octanol–water partition coefficient (Wildman–Crippen LogP) is 3.69. The molecule has 0 radical (unpaired) electrons. The van der Waals surface area contributed by atoms with Crippen LogP contribution in [0.5, 0.6) is 0 Å². The third-order valence-corrected chi connectivity index (χ3v) is 10.0. The lowest BCUT2D eigenvalue weighted by Gasteiger charge is -2.29. The van der Waals surface area contributed by atoms with Gasteiger partial charge in [-0.15, -0.1) is 0 Å². The zero-order chi connectivity index (χ0) is 19.2. The van der Waals surface area contributed by atoms with Crippen LogP contribution in [-0.2, 0) is 4.79 Å². The summed E-state index contributed by atoms with van der Waals surface area (Å²) in [5, 5.41) is 7.29. The molecule has 1 atom stereocenters. The highest BCUT2D eigenvalue weighted by atomic mass is 31.2. The first-order valence-electron chi connectivity index (χ1n) is 10.1. The molecule has 0 amide bonds. The molecule has 1 fully saturated rings. The van der Waals surface area contributed by atoms with E-state index in [9.17, 15) is 4.79 Å². The minimum absolute atomic E-state index is 0.00994. The van der Waals surface area contributed by atoms with Crippen molar-refractivity contribution in [2.75, 3.05) is 12.7 Å². The summed E-state index contributed by atoms with van der Waals surface area (Å²) < 4.78 is 0. The smallest absolute Gasteiger partial charge is 0.187 e. The van der Waals surface area contributed by atoms with E-state index in [1.165, 1.54) is 22.3 Å². The lowest BCUT2D eigenvalue weighted by Crippen LogP contribution is -2.45. The fourth-order valence-corrected chi connectivity index (χ4v) is 8.41. The van der Waals surface area contributed by atoms with Gasteiger partial charge in [-0.25, -0.2) is 0 Å². The first-order chi connectivity index (χ1) is 13.8. The standard InChI is InChI=1S/C25H27NOP/c27-25(24-18-10-11-19-26-24)20-28(21-12-4-1-5-13-21,22-14-6-2-7-15-22)23-16-8-3-9-17-23/h1-9,12-17,24,26H,10-11,18-20H2/q+1. The zero-order valence-electron chi connectivity index (χ0n) is 16.1. The molecule has 0 spiro atoms. The summed E-state index contributed by atoms with van der Waals surface area (Å²) in [6, 6.07) is 32.0. The number of hydrogen-bond acceptors (Lipinski definition) is 2. The molecular formula is C25H27NOP+. The van der Waals surface area contributed by atoms with Gasteiger partial charge in [0, 0.05) is 0 Å². The molecule has 142 valence electrons. The highest BCUT2D eigenvalue weighted by molar-refractivity contribution is 7.96. The van der Waals surface area contributed by atoms with Gasteiger partial charge in [-0.2, -0.15) is 0 Å². The van der Waals surface area contributed by atoms with Crippen molar-refractivity contribution in [3.63, 3.8) is 0 Å². The van der Waals surface area contributed by atoms with Crippen molar-refractivity contribution in [1.29, 1.82) is 0 Å². The van der Waals surface area contributed by atoms with E-state index in [0.29, 0.717) is 11.9 Å². The maximum Gasteiger partial charge on any atom is 0.187 e. The average Bonchev–Trinajstić information content (AvgIpc) is 2.80. The number of nitrogens with one attached hydrogen (secondary N) is 1. The molecule has 1 heterocycles. The predicted molar refractivity (Wildman–Crippen MR) is 121 cm³/mol. The van der Waals surface area contributed by atoms with Crippen LogP contribution >= 0.6 is 7.26 Å². The van der Waals surface area contributed by atoms with E-state index in [2.05, 4.69) is 96.3 Å². The largest absolute Gasteiger partial charge is 0.307 e. The summed E-state index contributed by atoms with van der Waals surface area (Å²) >= 11 is 0. The highest BCUT2D eigenvalue weighted by Crippen LogP contribution is 2.55. The van der Waals surface area contributed by atoms with E-state index < -0.39 is 7.26 Å². The second-order valence-electron chi connectivity index (χ2n) is 7.44. The van der Waals surface area contributed by atoms with Crippen LogP contribution in [0.15, 0.2) is 91.0 Å². The minimum atomic E-state index is -2.07.